The fraction of sp³-hybridized carbons (Fsp3) is 0.0800. The van der Waals surface area contributed by atoms with Gasteiger partial charge in [0.25, 0.3) is 11.8 Å². The molecule has 3 rings (SSSR count). The summed E-state index contributed by atoms with van der Waals surface area (Å²) in [5, 5.41) is 15.0. The van der Waals surface area contributed by atoms with Crippen molar-refractivity contribution >= 4 is 40.9 Å². The van der Waals surface area contributed by atoms with Crippen molar-refractivity contribution in [1.82, 2.24) is 0 Å². The zero-order valence-corrected chi connectivity index (χ0v) is 18.4. The van der Waals surface area contributed by atoms with Crippen molar-refractivity contribution in [3.63, 3.8) is 0 Å². The lowest BCUT2D eigenvalue weighted by molar-refractivity contribution is -0.118. The van der Waals surface area contributed by atoms with E-state index in [9.17, 15) is 14.9 Å². The van der Waals surface area contributed by atoms with Crippen molar-refractivity contribution in [3.05, 3.63) is 89.0 Å². The van der Waals surface area contributed by atoms with Crippen molar-refractivity contribution in [3.8, 4) is 17.6 Å². The molecule has 0 saturated heterocycles. The van der Waals surface area contributed by atoms with Crippen LogP contribution in [0.2, 0.25) is 5.02 Å². The molecule has 3 aromatic carbocycles. The lowest BCUT2D eigenvalue weighted by Crippen LogP contribution is -2.20. The van der Waals surface area contributed by atoms with E-state index < -0.39 is 5.91 Å². The number of carbonyl (C=O) groups is 2. The quantitative estimate of drug-likeness (QED) is 0.366. The van der Waals surface area contributed by atoms with Crippen LogP contribution in [0, 0.1) is 11.3 Å². The first-order valence-electron chi connectivity index (χ1n) is 9.83. The van der Waals surface area contributed by atoms with Gasteiger partial charge in [-0.15, -0.1) is 0 Å². The predicted molar refractivity (Wildman–Crippen MR) is 127 cm³/mol. The largest absolute Gasteiger partial charge is 0.495 e. The van der Waals surface area contributed by atoms with E-state index in [2.05, 4.69) is 10.6 Å². The Morgan fingerprint density at radius 2 is 1.73 bits per heavy atom. The van der Waals surface area contributed by atoms with E-state index in [1.165, 1.54) is 13.2 Å². The summed E-state index contributed by atoms with van der Waals surface area (Å²) in [5.74, 6) is -0.0992. The molecule has 0 unspecified atom stereocenters. The second-order valence-corrected chi connectivity index (χ2v) is 7.12. The Hall–Kier alpha value is -4.28. The van der Waals surface area contributed by atoms with Crippen LogP contribution < -0.4 is 20.1 Å². The maximum atomic E-state index is 12.4. The van der Waals surface area contributed by atoms with Crippen molar-refractivity contribution in [2.75, 3.05) is 24.4 Å². The van der Waals surface area contributed by atoms with E-state index in [-0.39, 0.29) is 28.9 Å². The standard InChI is InChI=1S/C25H20ClN3O4/c1-32-23-10-6-5-9-21(23)29-24(30)16-33-22-12-11-17(14-20(22)26)13-18(15-27)25(31)28-19-7-3-2-4-8-19/h2-14H,16H2,1H3,(H,28,31)(H,29,30). The summed E-state index contributed by atoms with van der Waals surface area (Å²) >= 11 is 6.27. The van der Waals surface area contributed by atoms with E-state index in [4.69, 9.17) is 21.1 Å². The molecule has 2 amide bonds. The monoisotopic (exact) mass is 461 g/mol. The summed E-state index contributed by atoms with van der Waals surface area (Å²) in [6.07, 6.45) is 1.42. The maximum Gasteiger partial charge on any atom is 0.266 e. The first-order chi connectivity index (χ1) is 16.0. The number of hydrogen-bond acceptors (Lipinski definition) is 5. The van der Waals surface area contributed by atoms with Crippen molar-refractivity contribution in [2.45, 2.75) is 0 Å². The maximum absolute atomic E-state index is 12.4. The Bertz CT molecular complexity index is 1220. The van der Waals surface area contributed by atoms with Gasteiger partial charge in [0.2, 0.25) is 0 Å². The Morgan fingerprint density at radius 3 is 2.42 bits per heavy atom. The summed E-state index contributed by atoms with van der Waals surface area (Å²) in [4.78, 5) is 24.6. The Balaban J connectivity index is 1.63. The lowest BCUT2D eigenvalue weighted by Gasteiger charge is -2.11. The van der Waals surface area contributed by atoms with Gasteiger partial charge in [-0.05, 0) is 48.0 Å². The van der Waals surface area contributed by atoms with Gasteiger partial charge < -0.3 is 20.1 Å². The van der Waals surface area contributed by atoms with E-state index in [0.717, 1.165) is 0 Å². The highest BCUT2D eigenvalue weighted by Gasteiger charge is 2.12. The summed E-state index contributed by atoms with van der Waals surface area (Å²) in [6.45, 7) is -0.268. The van der Waals surface area contributed by atoms with Crippen LogP contribution in [0.1, 0.15) is 5.56 Å². The van der Waals surface area contributed by atoms with Crippen molar-refractivity contribution < 1.29 is 19.1 Å². The number of nitriles is 1. The molecular formula is C25H20ClN3O4. The van der Waals surface area contributed by atoms with Gasteiger partial charge in [-0.2, -0.15) is 5.26 Å². The highest BCUT2D eigenvalue weighted by Crippen LogP contribution is 2.27. The van der Waals surface area contributed by atoms with Crippen molar-refractivity contribution in [1.29, 1.82) is 5.26 Å². The van der Waals surface area contributed by atoms with Gasteiger partial charge in [0.15, 0.2) is 6.61 Å². The van der Waals surface area contributed by atoms with Gasteiger partial charge in [-0.3, -0.25) is 9.59 Å². The molecule has 0 bridgehead atoms. The van der Waals surface area contributed by atoms with Gasteiger partial charge in [-0.1, -0.05) is 48.0 Å². The number of ether oxygens (including phenoxy) is 2. The van der Waals surface area contributed by atoms with Crippen LogP contribution in [0.15, 0.2) is 78.4 Å². The molecule has 0 aliphatic heterocycles. The Labute approximate surface area is 196 Å². The zero-order valence-electron chi connectivity index (χ0n) is 17.7. The third kappa shape index (κ3) is 6.60. The molecule has 8 heteroatoms. The van der Waals surface area contributed by atoms with Gasteiger partial charge in [0.1, 0.15) is 23.1 Å². The number of hydrogen-bond donors (Lipinski definition) is 2. The van der Waals surface area contributed by atoms with Gasteiger partial charge in [0.05, 0.1) is 17.8 Å². The molecule has 0 spiro atoms. The SMILES string of the molecule is COc1ccccc1NC(=O)COc1ccc(C=C(C#N)C(=O)Nc2ccccc2)cc1Cl. The second kappa shape index (κ2) is 11.4. The number of anilines is 2. The molecule has 166 valence electrons. The first-order valence-corrected chi connectivity index (χ1v) is 10.2. The molecule has 0 radical (unpaired) electrons. The average Bonchev–Trinajstić information content (AvgIpc) is 2.83. The first kappa shape index (κ1) is 23.4. The van der Waals surface area contributed by atoms with Gasteiger partial charge in [0, 0.05) is 5.69 Å². The number of nitrogens with zero attached hydrogens (tertiary/aromatic N) is 1. The topological polar surface area (TPSA) is 100 Å². The van der Waals surface area contributed by atoms with Crippen LogP contribution in [0.5, 0.6) is 11.5 Å². The molecule has 0 aromatic heterocycles. The fourth-order valence-corrected chi connectivity index (χ4v) is 3.08. The average molecular weight is 462 g/mol. The summed E-state index contributed by atoms with van der Waals surface area (Å²) in [6, 6.07) is 22.5. The number of amides is 2. The molecular weight excluding hydrogens is 442 g/mol. The van der Waals surface area contributed by atoms with Crippen LogP contribution in [-0.4, -0.2) is 25.5 Å². The summed E-state index contributed by atoms with van der Waals surface area (Å²) < 4.78 is 10.7. The minimum absolute atomic E-state index is 0.0835. The van der Waals surface area contributed by atoms with E-state index in [1.807, 2.05) is 12.1 Å². The van der Waals surface area contributed by atoms with Crippen LogP contribution in [0.25, 0.3) is 6.08 Å². The number of methoxy groups -OCH3 is 1. The van der Waals surface area contributed by atoms with Crippen LogP contribution in [0.3, 0.4) is 0 Å². The molecule has 0 atom stereocenters. The van der Waals surface area contributed by atoms with Crippen molar-refractivity contribution in [2.24, 2.45) is 0 Å². The normalized spacial score (nSPS) is 10.6. The highest BCUT2D eigenvalue weighted by molar-refractivity contribution is 6.32. The molecule has 33 heavy (non-hydrogen) atoms. The zero-order chi connectivity index (χ0) is 23.6. The lowest BCUT2D eigenvalue weighted by atomic mass is 10.1. The molecule has 2 N–H and O–H groups in total. The molecule has 0 heterocycles. The second-order valence-electron chi connectivity index (χ2n) is 6.72. The highest BCUT2D eigenvalue weighted by atomic mass is 35.5. The number of nitrogens with one attached hydrogen (secondary N) is 2. The van der Waals surface area contributed by atoms with Gasteiger partial charge in [-0.25, -0.2) is 0 Å². The molecule has 0 fully saturated rings. The number of halogens is 1. The van der Waals surface area contributed by atoms with Crippen LogP contribution in [0.4, 0.5) is 11.4 Å². The third-order valence-electron chi connectivity index (χ3n) is 4.40. The van der Waals surface area contributed by atoms with E-state index in [1.54, 1.807) is 66.7 Å². The smallest absolute Gasteiger partial charge is 0.266 e. The molecule has 0 saturated carbocycles. The minimum atomic E-state index is -0.534. The number of rotatable bonds is 8. The summed E-state index contributed by atoms with van der Waals surface area (Å²) in [5.41, 5.74) is 1.56. The summed E-state index contributed by atoms with van der Waals surface area (Å²) in [7, 11) is 1.51. The third-order valence-corrected chi connectivity index (χ3v) is 4.70. The van der Waals surface area contributed by atoms with Crippen LogP contribution in [-0.2, 0) is 9.59 Å². The number of para-hydroxylation sites is 3. The minimum Gasteiger partial charge on any atom is -0.495 e. The van der Waals surface area contributed by atoms with Crippen LogP contribution >= 0.6 is 11.6 Å². The number of carbonyl (C=O) groups excluding carboxylic acids is 2. The van der Waals surface area contributed by atoms with E-state index in [0.29, 0.717) is 22.7 Å². The predicted octanol–water partition coefficient (Wildman–Crippen LogP) is 4.91. The fourth-order valence-electron chi connectivity index (χ4n) is 2.84. The molecule has 0 aliphatic carbocycles. The number of benzene rings is 3. The molecule has 0 aliphatic rings. The molecule has 7 nitrogen and oxygen atoms in total. The van der Waals surface area contributed by atoms with Gasteiger partial charge >= 0.3 is 0 Å². The molecule has 3 aromatic rings. The van der Waals surface area contributed by atoms with E-state index >= 15 is 0 Å². The Morgan fingerprint density at radius 1 is 1.00 bits per heavy atom. The Kier molecular flexibility index (Phi) is 8.06.